The quantitative estimate of drug-likeness (QED) is 0.704. The first kappa shape index (κ1) is 9.23. The molecule has 3 N–H and O–H groups in total. The molecule has 0 aliphatic rings. The Morgan fingerprint density at radius 2 is 2.08 bits per heavy atom. The van der Waals surface area contributed by atoms with Gasteiger partial charge in [-0.25, -0.2) is 0 Å². The Labute approximate surface area is 73.8 Å². The number of likely N-dealkylation sites (N-methyl/N-ethyl adjacent to an activating group) is 1. The maximum absolute atomic E-state index is 5.94. The maximum Gasteiger partial charge on any atom is 0.0424 e. The van der Waals surface area contributed by atoms with Gasteiger partial charge in [0.1, 0.15) is 0 Å². The fraction of sp³-hybridized carbons (Fsp3) is 0.400. The molecular weight excluding hydrogens is 148 g/mol. The van der Waals surface area contributed by atoms with E-state index in [0.717, 1.165) is 6.54 Å². The summed E-state index contributed by atoms with van der Waals surface area (Å²) in [5, 5.41) is 3.07. The second kappa shape index (κ2) is 4.24. The summed E-state index contributed by atoms with van der Waals surface area (Å²) < 4.78 is 0. The average Bonchev–Trinajstić information content (AvgIpc) is 2.05. The Morgan fingerprint density at radius 3 is 2.67 bits per heavy atom. The fourth-order valence-corrected chi connectivity index (χ4v) is 1.33. The first-order valence-corrected chi connectivity index (χ1v) is 4.21. The van der Waals surface area contributed by atoms with Gasteiger partial charge in [0.05, 0.1) is 0 Å². The number of nitrogens with two attached hydrogens (primary N) is 1. The summed E-state index contributed by atoms with van der Waals surface area (Å²) in [5.74, 6) is 0. The highest BCUT2D eigenvalue weighted by molar-refractivity contribution is 5.28. The summed E-state index contributed by atoms with van der Waals surface area (Å²) >= 11 is 0. The second-order valence-electron chi connectivity index (χ2n) is 3.02. The molecule has 1 unspecified atom stereocenters. The second-order valence-corrected chi connectivity index (χ2v) is 3.02. The Kier molecular flexibility index (Phi) is 3.26. The van der Waals surface area contributed by atoms with Crippen LogP contribution in [0.5, 0.6) is 0 Å². The van der Waals surface area contributed by atoms with Crippen LogP contribution in [0.15, 0.2) is 24.3 Å². The highest BCUT2D eigenvalue weighted by Gasteiger charge is 2.05. The van der Waals surface area contributed by atoms with Crippen molar-refractivity contribution < 1.29 is 0 Å². The molecule has 2 nitrogen and oxygen atoms in total. The molecule has 0 saturated carbocycles. The van der Waals surface area contributed by atoms with Gasteiger partial charge in [-0.3, -0.25) is 0 Å². The lowest BCUT2D eigenvalue weighted by molar-refractivity contribution is 0.650. The minimum absolute atomic E-state index is 0.108. The van der Waals surface area contributed by atoms with E-state index in [1.54, 1.807) is 0 Å². The number of benzene rings is 1. The SMILES string of the molecule is CNCC(N)c1ccccc1C. The van der Waals surface area contributed by atoms with Crippen molar-refractivity contribution in [2.24, 2.45) is 5.73 Å². The van der Waals surface area contributed by atoms with E-state index in [0.29, 0.717) is 0 Å². The summed E-state index contributed by atoms with van der Waals surface area (Å²) in [6, 6.07) is 8.33. The lowest BCUT2D eigenvalue weighted by Crippen LogP contribution is -2.24. The number of hydrogen-bond donors (Lipinski definition) is 2. The van der Waals surface area contributed by atoms with Crippen LogP contribution in [0.1, 0.15) is 17.2 Å². The van der Waals surface area contributed by atoms with E-state index in [-0.39, 0.29) is 6.04 Å². The van der Waals surface area contributed by atoms with Crippen LogP contribution in [0.3, 0.4) is 0 Å². The molecule has 0 fully saturated rings. The van der Waals surface area contributed by atoms with Crippen LogP contribution in [0.25, 0.3) is 0 Å². The standard InChI is InChI=1S/C10H16N2/c1-8-5-3-4-6-9(8)10(11)7-12-2/h3-6,10,12H,7,11H2,1-2H3. The summed E-state index contributed by atoms with van der Waals surface area (Å²) in [5.41, 5.74) is 8.44. The van der Waals surface area contributed by atoms with Crippen LogP contribution in [-0.2, 0) is 0 Å². The molecule has 0 saturated heterocycles. The van der Waals surface area contributed by atoms with Gasteiger partial charge in [0.25, 0.3) is 0 Å². The Balaban J connectivity index is 2.79. The van der Waals surface area contributed by atoms with Crippen molar-refractivity contribution in [2.75, 3.05) is 13.6 Å². The molecule has 2 heteroatoms. The third-order valence-electron chi connectivity index (χ3n) is 2.01. The van der Waals surface area contributed by atoms with Crippen molar-refractivity contribution >= 4 is 0 Å². The van der Waals surface area contributed by atoms with Gasteiger partial charge in [0.2, 0.25) is 0 Å². The first-order chi connectivity index (χ1) is 5.75. The molecule has 0 aliphatic carbocycles. The molecule has 0 aliphatic heterocycles. The van der Waals surface area contributed by atoms with E-state index in [1.807, 2.05) is 19.2 Å². The third kappa shape index (κ3) is 2.06. The van der Waals surface area contributed by atoms with Crippen LogP contribution in [0.2, 0.25) is 0 Å². The van der Waals surface area contributed by atoms with Gasteiger partial charge in [0.15, 0.2) is 0 Å². The van der Waals surface area contributed by atoms with Gasteiger partial charge in [-0.05, 0) is 25.1 Å². The predicted octanol–water partition coefficient (Wildman–Crippen LogP) is 1.21. The molecule has 0 aromatic heterocycles. The molecule has 1 aromatic carbocycles. The van der Waals surface area contributed by atoms with Gasteiger partial charge in [-0.15, -0.1) is 0 Å². The number of aryl methyl sites for hydroxylation is 1. The maximum atomic E-state index is 5.94. The van der Waals surface area contributed by atoms with Crippen molar-refractivity contribution in [3.8, 4) is 0 Å². The molecule has 12 heavy (non-hydrogen) atoms. The summed E-state index contributed by atoms with van der Waals surface area (Å²) in [7, 11) is 1.91. The monoisotopic (exact) mass is 164 g/mol. The summed E-state index contributed by atoms with van der Waals surface area (Å²) in [6.45, 7) is 2.91. The van der Waals surface area contributed by atoms with Crippen LogP contribution >= 0.6 is 0 Å². The lowest BCUT2D eigenvalue weighted by atomic mass is 10.0. The Morgan fingerprint density at radius 1 is 1.42 bits per heavy atom. The minimum Gasteiger partial charge on any atom is -0.323 e. The van der Waals surface area contributed by atoms with E-state index < -0.39 is 0 Å². The van der Waals surface area contributed by atoms with Crippen LogP contribution < -0.4 is 11.1 Å². The minimum atomic E-state index is 0.108. The highest BCUT2D eigenvalue weighted by Crippen LogP contribution is 2.13. The third-order valence-corrected chi connectivity index (χ3v) is 2.01. The normalized spacial score (nSPS) is 12.9. The number of rotatable bonds is 3. The molecule has 66 valence electrons. The van der Waals surface area contributed by atoms with E-state index >= 15 is 0 Å². The zero-order valence-corrected chi connectivity index (χ0v) is 7.67. The molecule has 1 aromatic rings. The molecule has 0 amide bonds. The summed E-state index contributed by atoms with van der Waals surface area (Å²) in [6.07, 6.45) is 0. The zero-order valence-electron chi connectivity index (χ0n) is 7.67. The molecule has 1 rings (SSSR count). The predicted molar refractivity (Wildman–Crippen MR) is 52.0 cm³/mol. The van der Waals surface area contributed by atoms with Gasteiger partial charge < -0.3 is 11.1 Å². The smallest absolute Gasteiger partial charge is 0.0424 e. The summed E-state index contributed by atoms with van der Waals surface area (Å²) in [4.78, 5) is 0. The van der Waals surface area contributed by atoms with Gasteiger partial charge >= 0.3 is 0 Å². The van der Waals surface area contributed by atoms with Crippen molar-refractivity contribution in [3.05, 3.63) is 35.4 Å². The van der Waals surface area contributed by atoms with E-state index in [4.69, 9.17) is 5.73 Å². The van der Waals surface area contributed by atoms with Gasteiger partial charge in [-0.1, -0.05) is 24.3 Å². The van der Waals surface area contributed by atoms with Crippen molar-refractivity contribution in [3.63, 3.8) is 0 Å². The zero-order chi connectivity index (χ0) is 8.97. The van der Waals surface area contributed by atoms with E-state index in [9.17, 15) is 0 Å². The number of nitrogens with one attached hydrogen (secondary N) is 1. The van der Waals surface area contributed by atoms with Gasteiger partial charge in [-0.2, -0.15) is 0 Å². The molecule has 0 spiro atoms. The van der Waals surface area contributed by atoms with Crippen LogP contribution in [0, 0.1) is 6.92 Å². The van der Waals surface area contributed by atoms with Crippen molar-refractivity contribution in [1.29, 1.82) is 0 Å². The largest absolute Gasteiger partial charge is 0.323 e. The Bertz CT molecular complexity index is 245. The van der Waals surface area contributed by atoms with Gasteiger partial charge in [0, 0.05) is 12.6 Å². The van der Waals surface area contributed by atoms with E-state index in [2.05, 4.69) is 24.4 Å². The van der Waals surface area contributed by atoms with Crippen LogP contribution in [-0.4, -0.2) is 13.6 Å². The molecule has 0 radical (unpaired) electrons. The average molecular weight is 164 g/mol. The Hall–Kier alpha value is -0.860. The molecule has 0 heterocycles. The molecule has 0 bridgehead atoms. The molecule has 1 atom stereocenters. The highest BCUT2D eigenvalue weighted by atomic mass is 14.9. The topological polar surface area (TPSA) is 38.0 Å². The first-order valence-electron chi connectivity index (χ1n) is 4.21. The number of hydrogen-bond acceptors (Lipinski definition) is 2. The molecular formula is C10H16N2. The van der Waals surface area contributed by atoms with E-state index in [1.165, 1.54) is 11.1 Å². The van der Waals surface area contributed by atoms with Crippen LogP contribution in [0.4, 0.5) is 0 Å². The van der Waals surface area contributed by atoms with Crippen molar-refractivity contribution in [2.45, 2.75) is 13.0 Å². The van der Waals surface area contributed by atoms with Crippen molar-refractivity contribution in [1.82, 2.24) is 5.32 Å². The lowest BCUT2D eigenvalue weighted by Gasteiger charge is -2.13. The fourth-order valence-electron chi connectivity index (χ4n) is 1.33.